The van der Waals surface area contributed by atoms with Crippen molar-refractivity contribution < 1.29 is 20.1 Å². The summed E-state index contributed by atoms with van der Waals surface area (Å²) in [5, 5.41) is 4.06. The van der Waals surface area contributed by atoms with Crippen molar-refractivity contribution in [2.24, 2.45) is 5.92 Å². The van der Waals surface area contributed by atoms with Crippen molar-refractivity contribution in [2.45, 2.75) is 65.1 Å². The zero-order valence-corrected chi connectivity index (χ0v) is 33.6. The third-order valence-electron chi connectivity index (χ3n) is 9.78. The van der Waals surface area contributed by atoms with E-state index in [4.69, 9.17) is 4.98 Å². The number of pyridine rings is 2. The number of rotatable bonds is 6. The molecule has 1 saturated carbocycles. The number of fused-ring (bicyclic) bond motifs is 3. The summed E-state index contributed by atoms with van der Waals surface area (Å²) < 4.78 is 2.63. The van der Waals surface area contributed by atoms with Crippen molar-refractivity contribution >= 4 is 44.8 Å². The Bertz CT molecular complexity index is 2180. The van der Waals surface area contributed by atoms with Crippen LogP contribution in [0.3, 0.4) is 0 Å². The molecule has 3 heterocycles. The van der Waals surface area contributed by atoms with Gasteiger partial charge in [0.15, 0.2) is 0 Å². The summed E-state index contributed by atoms with van der Waals surface area (Å²) in [6.07, 6.45) is 12.2. The number of thiophene rings is 1. The van der Waals surface area contributed by atoms with Gasteiger partial charge in [0.1, 0.15) is 0 Å². The monoisotopic (exact) mass is 865 g/mol. The molecule has 4 aromatic carbocycles. The molecule has 3 aromatic heterocycles. The minimum Gasteiger partial charge on any atom is -0.305 e. The topological polar surface area (TPSA) is 25.8 Å². The number of benzene rings is 4. The van der Waals surface area contributed by atoms with E-state index in [0.717, 1.165) is 28.4 Å². The van der Waals surface area contributed by atoms with Gasteiger partial charge in [-0.1, -0.05) is 129 Å². The number of hydrogen-bond donors (Lipinski definition) is 0. The van der Waals surface area contributed by atoms with Gasteiger partial charge in [0.05, 0.1) is 8.07 Å². The van der Waals surface area contributed by atoms with E-state index < -0.39 is 8.07 Å². The summed E-state index contributed by atoms with van der Waals surface area (Å²) in [5.41, 5.74) is 9.61. The molecule has 1 fully saturated rings. The van der Waals surface area contributed by atoms with Crippen LogP contribution in [0, 0.1) is 25.0 Å². The Balaban J connectivity index is 0.000000204. The van der Waals surface area contributed by atoms with E-state index in [1.807, 2.05) is 35.7 Å². The van der Waals surface area contributed by atoms with E-state index in [1.165, 1.54) is 86.1 Å². The molecular formula is C45H44IrN2SSi-2. The zero-order valence-electron chi connectivity index (χ0n) is 29.4. The van der Waals surface area contributed by atoms with Gasteiger partial charge in [0, 0.05) is 37.2 Å². The number of aromatic nitrogens is 2. The number of hydrogen-bond acceptors (Lipinski definition) is 3. The average molecular weight is 865 g/mol. The molecule has 0 bridgehead atoms. The fourth-order valence-electron chi connectivity index (χ4n) is 7.30. The Hall–Kier alpha value is -3.73. The second-order valence-electron chi connectivity index (χ2n) is 14.4. The Morgan fingerprint density at radius 3 is 2.26 bits per heavy atom. The van der Waals surface area contributed by atoms with Crippen LogP contribution < -0.4 is 5.19 Å². The summed E-state index contributed by atoms with van der Waals surface area (Å²) in [7, 11) is -1.27. The van der Waals surface area contributed by atoms with Gasteiger partial charge in [-0.3, -0.25) is 0 Å². The van der Waals surface area contributed by atoms with Crippen LogP contribution in [-0.2, 0) is 26.5 Å². The summed E-state index contributed by atoms with van der Waals surface area (Å²) in [6.45, 7) is 9.24. The predicted octanol–water partition coefficient (Wildman–Crippen LogP) is 12.1. The molecule has 255 valence electrons. The van der Waals surface area contributed by atoms with Crippen LogP contribution in [0.1, 0.15) is 43.2 Å². The van der Waals surface area contributed by atoms with Crippen molar-refractivity contribution in [3.8, 4) is 33.6 Å². The maximum absolute atomic E-state index is 4.78. The van der Waals surface area contributed by atoms with Gasteiger partial charge >= 0.3 is 0 Å². The Morgan fingerprint density at radius 1 is 0.740 bits per heavy atom. The number of aryl methyl sites for hydroxylation is 1. The van der Waals surface area contributed by atoms with Gasteiger partial charge < -0.3 is 9.97 Å². The molecule has 1 radical (unpaired) electrons. The molecule has 0 N–H and O–H groups in total. The van der Waals surface area contributed by atoms with Crippen molar-refractivity contribution in [3.05, 3.63) is 139 Å². The van der Waals surface area contributed by atoms with Gasteiger partial charge in [-0.2, -0.15) is 11.3 Å². The molecule has 0 spiro atoms. The Kier molecular flexibility index (Phi) is 11.6. The molecule has 50 heavy (non-hydrogen) atoms. The Morgan fingerprint density at radius 2 is 1.52 bits per heavy atom. The first-order chi connectivity index (χ1) is 23.8. The first-order valence-corrected chi connectivity index (χ1v) is 22.0. The molecule has 0 atom stereocenters. The molecular weight excluding hydrogens is 821 g/mol. The van der Waals surface area contributed by atoms with Gasteiger partial charge in [0.2, 0.25) is 0 Å². The van der Waals surface area contributed by atoms with E-state index in [2.05, 4.69) is 135 Å². The van der Waals surface area contributed by atoms with Crippen LogP contribution in [-0.4, -0.2) is 18.0 Å². The quantitative estimate of drug-likeness (QED) is 0.123. The third-order valence-corrected chi connectivity index (χ3v) is 13.2. The fraction of sp³-hybridized carbons (Fsp3) is 0.244. The van der Waals surface area contributed by atoms with E-state index in [-0.39, 0.29) is 20.1 Å². The largest absolute Gasteiger partial charge is 0.305 e. The van der Waals surface area contributed by atoms with Crippen LogP contribution in [0.4, 0.5) is 0 Å². The average Bonchev–Trinajstić information content (AvgIpc) is 3.52. The zero-order chi connectivity index (χ0) is 33.8. The summed E-state index contributed by atoms with van der Waals surface area (Å²) in [6, 6.07) is 43.0. The van der Waals surface area contributed by atoms with Crippen LogP contribution >= 0.6 is 11.3 Å². The first-order valence-electron chi connectivity index (χ1n) is 17.7. The molecule has 5 heteroatoms. The van der Waals surface area contributed by atoms with Crippen molar-refractivity contribution in [3.63, 3.8) is 0 Å². The van der Waals surface area contributed by atoms with Crippen LogP contribution in [0.25, 0.3) is 53.8 Å². The molecule has 1 aliphatic carbocycles. The van der Waals surface area contributed by atoms with Gasteiger partial charge in [0.25, 0.3) is 0 Å². The third kappa shape index (κ3) is 8.08. The predicted molar refractivity (Wildman–Crippen MR) is 213 cm³/mol. The summed E-state index contributed by atoms with van der Waals surface area (Å²) in [5.74, 6) is 0.830. The maximum Gasteiger partial charge on any atom is 0.0798 e. The molecule has 7 aromatic rings. The molecule has 1 aliphatic rings. The van der Waals surface area contributed by atoms with E-state index in [1.54, 1.807) is 0 Å². The molecule has 2 nitrogen and oxygen atoms in total. The molecule has 0 saturated heterocycles. The van der Waals surface area contributed by atoms with E-state index >= 15 is 0 Å². The second kappa shape index (κ2) is 16.1. The van der Waals surface area contributed by atoms with Crippen molar-refractivity contribution in [1.29, 1.82) is 0 Å². The van der Waals surface area contributed by atoms with Gasteiger partial charge in [-0.15, -0.1) is 59.7 Å². The summed E-state index contributed by atoms with van der Waals surface area (Å²) >= 11 is 1.87. The Labute approximate surface area is 316 Å². The standard InChI is InChI=1S/C30H26NS.C15H18NSi.Ir/c1-3-9-21(10-4-1)19-22-17-18-31-28(20-22)27-16-8-15-26-25-14-7-13-24(29(25)32-30(26)27)23-11-5-2-6-12-23;1-12-10-14(13-8-6-5-7-9-13)16-11-15(12)17(2,3)4;/h2,5-8,11-15,17-18,20-21H,1,3-4,9-10,19H2;5-8,10-11H,1-4H3;/q2*-1;. The molecule has 8 rings (SSSR count). The van der Waals surface area contributed by atoms with Crippen LogP contribution in [0.15, 0.2) is 116 Å². The number of nitrogens with zero attached hydrogens (tertiary/aromatic N) is 2. The van der Waals surface area contributed by atoms with Crippen LogP contribution in [0.2, 0.25) is 19.6 Å². The van der Waals surface area contributed by atoms with Gasteiger partial charge in [-0.05, 0) is 63.1 Å². The molecule has 0 aliphatic heterocycles. The van der Waals surface area contributed by atoms with Crippen molar-refractivity contribution in [2.75, 3.05) is 0 Å². The summed E-state index contributed by atoms with van der Waals surface area (Å²) in [4.78, 5) is 9.36. The molecule has 0 amide bonds. The van der Waals surface area contributed by atoms with E-state index in [9.17, 15) is 0 Å². The smallest absolute Gasteiger partial charge is 0.0798 e. The maximum atomic E-state index is 4.78. The second-order valence-corrected chi connectivity index (χ2v) is 20.5. The van der Waals surface area contributed by atoms with Crippen LogP contribution in [0.5, 0.6) is 0 Å². The minimum atomic E-state index is -1.27. The fourth-order valence-corrected chi connectivity index (χ4v) is 10.4. The first kappa shape index (κ1) is 36.1. The normalized spacial score (nSPS) is 13.4. The van der Waals surface area contributed by atoms with Crippen molar-refractivity contribution in [1.82, 2.24) is 9.97 Å². The minimum absolute atomic E-state index is 0. The van der Waals surface area contributed by atoms with Gasteiger partial charge in [-0.25, -0.2) is 0 Å². The molecule has 0 unspecified atom stereocenters. The SMILES string of the molecule is Cc1cc(-c2[c-]cccc2)ncc1[Si](C)(C)C.[Ir].[c-]1ccc2c(sc3c(-c4ccccc4)cccc32)c1-c1cc(CC2CCCCC2)ccn1. The van der Waals surface area contributed by atoms with E-state index in [0.29, 0.717) is 0 Å².